The molecule has 1 aliphatic heterocycles. The lowest BCUT2D eigenvalue weighted by molar-refractivity contribution is -0.159. The molecular formula is C67H119N11O15. The largest absolute Gasteiger partial charge is 0.460 e. The van der Waals surface area contributed by atoms with Crippen LogP contribution in [0.1, 0.15) is 178 Å². The van der Waals surface area contributed by atoms with Gasteiger partial charge in [0.25, 0.3) is 0 Å². The van der Waals surface area contributed by atoms with Crippen LogP contribution < -0.4 is 26.6 Å². The topological polar surface area (TPSA) is 323 Å². The first-order valence-corrected chi connectivity index (χ1v) is 32.9. The highest BCUT2D eigenvalue weighted by Crippen LogP contribution is 2.25. The average molecular weight is 1320 g/mol. The Morgan fingerprint density at radius 1 is 0.484 bits per heavy atom. The van der Waals surface area contributed by atoms with Crippen molar-refractivity contribution in [1.29, 1.82) is 0 Å². The van der Waals surface area contributed by atoms with Crippen molar-refractivity contribution in [3.8, 4) is 0 Å². The second kappa shape index (κ2) is 37.4. The summed E-state index contributed by atoms with van der Waals surface area (Å²) in [6.07, 6.45) is -0.0966. The number of carbonyl (C=O) groups is 12. The summed E-state index contributed by atoms with van der Waals surface area (Å²) in [7, 11) is 8.04. The van der Waals surface area contributed by atoms with E-state index in [1.54, 1.807) is 67.5 Å². The molecule has 26 heteroatoms. The Kier molecular flexibility index (Phi) is 33.9. The van der Waals surface area contributed by atoms with E-state index >= 15 is 24.0 Å². The number of hydrogen-bond donors (Lipinski definition) is 6. The van der Waals surface area contributed by atoms with Crippen LogP contribution in [0.25, 0.3) is 0 Å². The van der Waals surface area contributed by atoms with Gasteiger partial charge in [0.15, 0.2) is 0 Å². The van der Waals surface area contributed by atoms with E-state index in [2.05, 4.69) is 26.6 Å². The Balaban J connectivity index is 4.58. The van der Waals surface area contributed by atoms with Gasteiger partial charge in [-0.05, 0) is 130 Å². The van der Waals surface area contributed by atoms with E-state index in [1.165, 1.54) is 84.7 Å². The number of nitrogens with zero attached hydrogens (tertiary/aromatic N) is 6. The number of esters is 1. The Morgan fingerprint density at radius 2 is 0.892 bits per heavy atom. The number of carbonyl (C=O) groups excluding carboxylic acids is 12. The number of allylic oxidation sites excluding steroid dienone is 2. The molecule has 1 saturated heterocycles. The van der Waals surface area contributed by atoms with Crippen molar-refractivity contribution in [1.82, 2.24) is 56.0 Å². The summed E-state index contributed by atoms with van der Waals surface area (Å²) in [5.41, 5.74) is -0.891. The maximum Gasteiger partial charge on any atom is 0.302 e. The molecule has 0 spiro atoms. The molecule has 26 nitrogen and oxygen atoms in total. The van der Waals surface area contributed by atoms with Crippen LogP contribution in [-0.4, -0.2) is 238 Å². The predicted octanol–water partition coefficient (Wildman–Crippen LogP) is 3.40. The first-order chi connectivity index (χ1) is 42.7. The number of likely N-dealkylation sites (N-methyl/N-ethyl adjacent to an activating group) is 6. The van der Waals surface area contributed by atoms with E-state index in [-0.39, 0.29) is 55.8 Å². The molecule has 0 aromatic rings. The van der Waals surface area contributed by atoms with Crippen LogP contribution in [0.5, 0.6) is 0 Å². The molecule has 0 saturated carbocycles. The molecule has 0 bridgehead atoms. The highest BCUT2D eigenvalue weighted by Gasteiger charge is 2.47. The van der Waals surface area contributed by atoms with Gasteiger partial charge < -0.3 is 70.6 Å². The number of hydrogen-bond acceptors (Lipinski definition) is 15. The molecule has 6 N–H and O–H groups in total. The van der Waals surface area contributed by atoms with E-state index in [0.29, 0.717) is 0 Å². The standard InChI is InChI=1S/C67H119N11O15/c1-28-29-30-40(12)55(80)54-60(85)72-51(44(16)92-46(18)79)65(90)73(22)43(15)62(87)77(26)53(45(17)93-67(19,20)21)59(84)71-47(31-35(2)3)63(88)75(24)49(33-37(6)7)57(82)68-41(13)56(81)69-42(14)61(86)74(23)50(34-38(8)9)58(83)70-48(32-36(4)5)64(89)76(25)52(39(10)11)66(91)78(54)27/h28-29,35-45,47-55,80H,30-34H2,1-27H3,(H,68,82)(H,69,81)(H,70,83)(H,71,84)(H,72,85)/b29-28+/t40-,41+,42-,43-,44-,45?,47+,48+,49+,50+,51+,52-,53+,54+,55-/m1/s1. The molecule has 1 aliphatic rings. The molecule has 1 fully saturated rings. The van der Waals surface area contributed by atoms with E-state index in [4.69, 9.17) is 9.47 Å². The van der Waals surface area contributed by atoms with Crippen molar-refractivity contribution < 1.29 is 72.1 Å². The van der Waals surface area contributed by atoms with Gasteiger partial charge in [-0.15, -0.1) is 0 Å². The maximum atomic E-state index is 15.3. The summed E-state index contributed by atoms with van der Waals surface area (Å²) in [6.45, 7) is 34.9. The minimum atomic E-state index is -1.80. The zero-order valence-electron chi connectivity index (χ0n) is 61.1. The summed E-state index contributed by atoms with van der Waals surface area (Å²) < 4.78 is 11.9. The first-order valence-electron chi connectivity index (χ1n) is 32.9. The molecule has 0 aromatic heterocycles. The highest BCUT2D eigenvalue weighted by atomic mass is 16.5. The fourth-order valence-electron chi connectivity index (χ4n) is 11.6. The van der Waals surface area contributed by atoms with E-state index in [0.717, 1.165) is 21.6 Å². The number of aliphatic hydroxyl groups excluding tert-OH is 1. The summed E-state index contributed by atoms with van der Waals surface area (Å²) in [5.74, 6) is -11.8. The van der Waals surface area contributed by atoms with Crippen molar-refractivity contribution >= 4 is 70.9 Å². The average Bonchev–Trinajstić information content (AvgIpc) is 1.07. The minimum Gasteiger partial charge on any atom is -0.460 e. The van der Waals surface area contributed by atoms with E-state index in [1.807, 2.05) is 55.4 Å². The number of ether oxygens (including phenoxy) is 2. The fraction of sp³-hybridized carbons (Fsp3) is 0.791. The second-order valence-corrected chi connectivity index (χ2v) is 28.6. The molecule has 11 amide bonds. The third kappa shape index (κ3) is 24.9. The first kappa shape index (κ1) is 84.3. The van der Waals surface area contributed by atoms with Gasteiger partial charge in [0.2, 0.25) is 65.0 Å². The monoisotopic (exact) mass is 1320 g/mol. The molecule has 93 heavy (non-hydrogen) atoms. The highest BCUT2D eigenvalue weighted by molar-refractivity contribution is 6.00. The molecule has 15 atom stereocenters. The van der Waals surface area contributed by atoms with Crippen LogP contribution in [0.4, 0.5) is 0 Å². The maximum absolute atomic E-state index is 15.3. The van der Waals surface area contributed by atoms with Crippen LogP contribution in [0, 0.1) is 35.5 Å². The van der Waals surface area contributed by atoms with Crippen LogP contribution >= 0.6 is 0 Å². The number of rotatable bonds is 17. The summed E-state index contributed by atoms with van der Waals surface area (Å²) in [5, 5.41) is 26.0. The van der Waals surface area contributed by atoms with Gasteiger partial charge in [0.1, 0.15) is 72.6 Å². The van der Waals surface area contributed by atoms with E-state index < -0.39 is 173 Å². The van der Waals surface area contributed by atoms with Crippen LogP contribution in [0.3, 0.4) is 0 Å². The summed E-state index contributed by atoms with van der Waals surface area (Å²) in [6, 6.07) is -15.4. The Morgan fingerprint density at radius 3 is 1.33 bits per heavy atom. The Bertz CT molecular complexity index is 2610. The SMILES string of the molecule is C/C=C/C[C@@H](C)[C@@H](O)[C@H]1C(=O)N[C@@H]([C@@H](C)OC(C)=O)C(=O)N(C)[C@H](C)C(=O)N(C)[C@@H](C(C)OC(C)(C)C)C(=O)N[C@@H](CC(C)C)C(=O)N(C)[C@@H](CC(C)C)C(=O)N[C@@H](C)C(=O)N[C@H](C)C(=O)N(C)[C@@H](CC(C)C)C(=O)N[C@@H](CC(C)C)C(=O)N(C)[C@H](C(C)C)C(=O)N1C. The minimum absolute atomic E-state index is 0.0620. The van der Waals surface area contributed by atoms with Gasteiger partial charge in [-0.25, -0.2) is 0 Å². The van der Waals surface area contributed by atoms with Crippen LogP contribution in [-0.2, 0) is 67.0 Å². The van der Waals surface area contributed by atoms with Crippen molar-refractivity contribution in [2.45, 2.75) is 268 Å². The Labute approximate surface area is 554 Å². The van der Waals surface area contributed by atoms with Gasteiger partial charge >= 0.3 is 5.97 Å². The van der Waals surface area contributed by atoms with Gasteiger partial charge in [0, 0.05) is 49.2 Å². The van der Waals surface area contributed by atoms with Crippen molar-refractivity contribution in [2.75, 3.05) is 42.3 Å². The summed E-state index contributed by atoms with van der Waals surface area (Å²) in [4.78, 5) is 182. The molecule has 0 aromatic carbocycles. The quantitative estimate of drug-likeness (QED) is 0.0898. The summed E-state index contributed by atoms with van der Waals surface area (Å²) >= 11 is 0. The van der Waals surface area contributed by atoms with Crippen molar-refractivity contribution in [3.05, 3.63) is 12.2 Å². The number of aliphatic hydroxyl groups is 1. The molecule has 0 aliphatic carbocycles. The van der Waals surface area contributed by atoms with Crippen LogP contribution in [0.2, 0.25) is 0 Å². The lowest BCUT2D eigenvalue weighted by Crippen LogP contribution is -2.65. The van der Waals surface area contributed by atoms with E-state index in [9.17, 15) is 38.7 Å². The van der Waals surface area contributed by atoms with Crippen molar-refractivity contribution in [2.24, 2.45) is 35.5 Å². The molecule has 532 valence electrons. The fourth-order valence-corrected chi connectivity index (χ4v) is 11.6. The van der Waals surface area contributed by atoms with Gasteiger partial charge in [0.05, 0.1) is 17.8 Å². The van der Waals surface area contributed by atoms with Crippen molar-refractivity contribution in [3.63, 3.8) is 0 Å². The van der Waals surface area contributed by atoms with Gasteiger partial charge in [-0.1, -0.05) is 88.3 Å². The second-order valence-electron chi connectivity index (χ2n) is 28.6. The Hall–Kier alpha value is -6.70. The smallest absolute Gasteiger partial charge is 0.302 e. The molecule has 0 radical (unpaired) electrons. The predicted molar refractivity (Wildman–Crippen MR) is 355 cm³/mol. The molecular weight excluding hydrogens is 1200 g/mol. The van der Waals surface area contributed by atoms with Crippen LogP contribution in [0.15, 0.2) is 12.2 Å². The lowest BCUT2D eigenvalue weighted by atomic mass is 9.91. The van der Waals surface area contributed by atoms with Gasteiger partial charge in [-0.3, -0.25) is 57.5 Å². The molecule has 1 rings (SSSR count). The molecule has 1 unspecified atom stereocenters. The third-order valence-corrected chi connectivity index (χ3v) is 16.8. The zero-order chi connectivity index (χ0) is 72.3. The zero-order valence-corrected chi connectivity index (χ0v) is 61.1. The number of amides is 11. The third-order valence-electron chi connectivity index (χ3n) is 16.8. The lowest BCUT2D eigenvalue weighted by Gasteiger charge is -2.41. The normalized spacial score (nSPS) is 27.1. The number of nitrogens with one attached hydrogen (secondary N) is 5. The van der Waals surface area contributed by atoms with Gasteiger partial charge in [-0.2, -0.15) is 0 Å². The molecule has 1 heterocycles.